The number of H-pyrrole nitrogens is 1. The molecular weight excluding hydrogens is 198 g/mol. The minimum absolute atomic E-state index is 0.172. The number of aliphatic hydroxyl groups excluding tert-OH is 1. The van der Waals surface area contributed by atoms with Gasteiger partial charge >= 0.3 is 0 Å². The fraction of sp³-hybridized carbons (Fsp3) is 0.286. The van der Waals surface area contributed by atoms with Crippen molar-refractivity contribution in [2.45, 2.75) is 25.4 Å². The van der Waals surface area contributed by atoms with Gasteiger partial charge in [0, 0.05) is 17.8 Å². The number of aryl methyl sites for hydroxylation is 1. The number of rotatable bonds is 1. The number of nitrogens with one attached hydrogen (secondary N) is 1. The molecule has 2 nitrogen and oxygen atoms in total. The minimum atomic E-state index is -0.172. The fourth-order valence-electron chi connectivity index (χ4n) is 2.38. The zero-order chi connectivity index (χ0) is 11.0. The number of hydrogen-bond donors (Lipinski definition) is 2. The van der Waals surface area contributed by atoms with E-state index in [0.717, 1.165) is 19.3 Å². The molecule has 1 atom stereocenters. The van der Waals surface area contributed by atoms with Crippen LogP contribution < -0.4 is 0 Å². The standard InChI is InChI=1S/C14H15NO/c16-12-7-6-11-8-13(15-14(11)9-12)10-4-2-1-3-5-10/h1-5,8,12,15-16H,6-7,9H2. The van der Waals surface area contributed by atoms with Crippen molar-refractivity contribution in [3.8, 4) is 11.3 Å². The molecule has 1 aromatic heterocycles. The van der Waals surface area contributed by atoms with Gasteiger partial charge < -0.3 is 10.1 Å². The van der Waals surface area contributed by atoms with Gasteiger partial charge in [0.1, 0.15) is 0 Å². The van der Waals surface area contributed by atoms with Crippen LogP contribution >= 0.6 is 0 Å². The van der Waals surface area contributed by atoms with Crippen molar-refractivity contribution < 1.29 is 5.11 Å². The number of aliphatic hydroxyl groups is 1. The molecular formula is C14H15NO. The smallest absolute Gasteiger partial charge is 0.0598 e. The van der Waals surface area contributed by atoms with Crippen molar-refractivity contribution >= 4 is 0 Å². The molecule has 0 amide bonds. The lowest BCUT2D eigenvalue weighted by atomic mass is 9.95. The first kappa shape index (κ1) is 9.67. The van der Waals surface area contributed by atoms with Crippen LogP contribution in [0.5, 0.6) is 0 Å². The first-order valence-electron chi connectivity index (χ1n) is 5.77. The second kappa shape index (κ2) is 3.80. The zero-order valence-corrected chi connectivity index (χ0v) is 9.11. The number of hydrogen-bond acceptors (Lipinski definition) is 1. The molecule has 82 valence electrons. The van der Waals surface area contributed by atoms with Crippen molar-refractivity contribution in [3.63, 3.8) is 0 Å². The second-order valence-corrected chi connectivity index (χ2v) is 4.45. The van der Waals surface area contributed by atoms with E-state index in [1.807, 2.05) is 18.2 Å². The van der Waals surface area contributed by atoms with E-state index in [4.69, 9.17) is 0 Å². The SMILES string of the molecule is OC1CCc2cc(-c3ccccc3)[nH]c2C1. The molecule has 1 unspecified atom stereocenters. The van der Waals surface area contributed by atoms with Gasteiger partial charge in [0.25, 0.3) is 0 Å². The molecule has 1 aliphatic carbocycles. The van der Waals surface area contributed by atoms with Crippen molar-refractivity contribution in [3.05, 3.63) is 47.7 Å². The number of aromatic amines is 1. The van der Waals surface area contributed by atoms with E-state index in [9.17, 15) is 5.11 Å². The molecule has 0 bridgehead atoms. The molecule has 0 spiro atoms. The van der Waals surface area contributed by atoms with Gasteiger partial charge in [-0.15, -0.1) is 0 Å². The molecule has 0 saturated heterocycles. The Morgan fingerprint density at radius 3 is 2.81 bits per heavy atom. The summed E-state index contributed by atoms with van der Waals surface area (Å²) in [5.41, 5.74) is 4.95. The molecule has 0 saturated carbocycles. The Balaban J connectivity index is 1.99. The lowest BCUT2D eigenvalue weighted by Crippen LogP contribution is -2.17. The van der Waals surface area contributed by atoms with Gasteiger partial charge in [-0.05, 0) is 30.0 Å². The summed E-state index contributed by atoms with van der Waals surface area (Å²) in [5, 5.41) is 9.62. The highest BCUT2D eigenvalue weighted by atomic mass is 16.3. The van der Waals surface area contributed by atoms with Crippen LogP contribution in [0.3, 0.4) is 0 Å². The summed E-state index contributed by atoms with van der Waals surface area (Å²) in [4.78, 5) is 3.42. The maximum atomic E-state index is 9.62. The van der Waals surface area contributed by atoms with E-state index in [0.29, 0.717) is 0 Å². The summed E-state index contributed by atoms with van der Waals surface area (Å²) in [6, 6.07) is 12.5. The maximum absolute atomic E-state index is 9.62. The van der Waals surface area contributed by atoms with E-state index < -0.39 is 0 Å². The van der Waals surface area contributed by atoms with E-state index in [-0.39, 0.29) is 6.10 Å². The van der Waals surface area contributed by atoms with Crippen LogP contribution in [0.4, 0.5) is 0 Å². The monoisotopic (exact) mass is 213 g/mol. The molecule has 3 rings (SSSR count). The average Bonchev–Trinajstić information content (AvgIpc) is 2.73. The van der Waals surface area contributed by atoms with Crippen molar-refractivity contribution in [1.82, 2.24) is 4.98 Å². The highest BCUT2D eigenvalue weighted by Crippen LogP contribution is 2.27. The Bertz CT molecular complexity index is 487. The lowest BCUT2D eigenvalue weighted by molar-refractivity contribution is 0.157. The van der Waals surface area contributed by atoms with Crippen LogP contribution in [0.2, 0.25) is 0 Å². The van der Waals surface area contributed by atoms with Crippen LogP contribution in [-0.4, -0.2) is 16.2 Å². The average molecular weight is 213 g/mol. The molecule has 0 fully saturated rings. The fourth-order valence-corrected chi connectivity index (χ4v) is 2.38. The van der Waals surface area contributed by atoms with Gasteiger partial charge in [0.05, 0.1) is 6.10 Å². The summed E-state index contributed by atoms with van der Waals surface area (Å²) in [5.74, 6) is 0. The Morgan fingerprint density at radius 1 is 1.19 bits per heavy atom. The molecule has 1 aliphatic rings. The summed E-state index contributed by atoms with van der Waals surface area (Å²) in [7, 11) is 0. The van der Waals surface area contributed by atoms with E-state index in [1.165, 1.54) is 22.5 Å². The largest absolute Gasteiger partial charge is 0.393 e. The van der Waals surface area contributed by atoms with Crippen LogP contribution in [0.1, 0.15) is 17.7 Å². The normalized spacial score (nSPS) is 19.4. The maximum Gasteiger partial charge on any atom is 0.0598 e. The molecule has 2 aromatic rings. The summed E-state index contributed by atoms with van der Waals surface area (Å²) in [6.07, 6.45) is 2.47. The van der Waals surface area contributed by atoms with Crippen LogP contribution in [0.25, 0.3) is 11.3 Å². The third-order valence-electron chi connectivity index (χ3n) is 3.26. The van der Waals surface area contributed by atoms with Crippen LogP contribution in [-0.2, 0) is 12.8 Å². The molecule has 16 heavy (non-hydrogen) atoms. The second-order valence-electron chi connectivity index (χ2n) is 4.45. The van der Waals surface area contributed by atoms with Gasteiger partial charge in [0.15, 0.2) is 0 Å². The van der Waals surface area contributed by atoms with E-state index >= 15 is 0 Å². The van der Waals surface area contributed by atoms with Gasteiger partial charge in [-0.3, -0.25) is 0 Å². The Hall–Kier alpha value is -1.54. The molecule has 2 heteroatoms. The quantitative estimate of drug-likeness (QED) is 0.750. The molecule has 2 N–H and O–H groups in total. The third-order valence-corrected chi connectivity index (χ3v) is 3.26. The summed E-state index contributed by atoms with van der Waals surface area (Å²) < 4.78 is 0. The van der Waals surface area contributed by atoms with Crippen molar-refractivity contribution in [2.24, 2.45) is 0 Å². The molecule has 0 aliphatic heterocycles. The highest BCUT2D eigenvalue weighted by molar-refractivity contribution is 5.61. The van der Waals surface area contributed by atoms with Crippen molar-refractivity contribution in [2.75, 3.05) is 0 Å². The van der Waals surface area contributed by atoms with Gasteiger partial charge in [-0.25, -0.2) is 0 Å². The highest BCUT2D eigenvalue weighted by Gasteiger charge is 2.18. The Labute approximate surface area is 94.9 Å². The first-order valence-corrected chi connectivity index (χ1v) is 5.77. The summed E-state index contributed by atoms with van der Waals surface area (Å²) in [6.45, 7) is 0. The predicted molar refractivity (Wildman–Crippen MR) is 64.3 cm³/mol. The van der Waals surface area contributed by atoms with Gasteiger partial charge in [0.2, 0.25) is 0 Å². The van der Waals surface area contributed by atoms with Gasteiger partial charge in [-0.2, -0.15) is 0 Å². The zero-order valence-electron chi connectivity index (χ0n) is 9.11. The topological polar surface area (TPSA) is 36.0 Å². The minimum Gasteiger partial charge on any atom is -0.393 e. The van der Waals surface area contributed by atoms with Crippen LogP contribution in [0.15, 0.2) is 36.4 Å². The van der Waals surface area contributed by atoms with Crippen LogP contribution in [0, 0.1) is 0 Å². The lowest BCUT2D eigenvalue weighted by Gasteiger charge is -2.16. The van der Waals surface area contributed by atoms with E-state index in [2.05, 4.69) is 23.2 Å². The molecule has 1 heterocycles. The number of benzene rings is 1. The predicted octanol–water partition coefficient (Wildman–Crippen LogP) is 2.53. The molecule has 0 radical (unpaired) electrons. The van der Waals surface area contributed by atoms with Gasteiger partial charge in [-0.1, -0.05) is 30.3 Å². The Morgan fingerprint density at radius 2 is 2.00 bits per heavy atom. The number of aromatic nitrogens is 1. The van der Waals surface area contributed by atoms with E-state index in [1.54, 1.807) is 0 Å². The Kier molecular flexibility index (Phi) is 2.29. The van der Waals surface area contributed by atoms with Crippen molar-refractivity contribution in [1.29, 1.82) is 0 Å². The molecule has 1 aromatic carbocycles. The third kappa shape index (κ3) is 1.65. The summed E-state index contributed by atoms with van der Waals surface area (Å²) >= 11 is 0. The first-order chi connectivity index (χ1) is 7.83. The number of fused-ring (bicyclic) bond motifs is 1.